The first-order valence-electron chi connectivity index (χ1n) is 8.39. The fourth-order valence-corrected chi connectivity index (χ4v) is 12.3. The molecule has 0 nitrogen and oxygen atoms in total. The standard InChI is InChI=1S/C18H14F3.C2H6Si.2ClH.Zr/c1-2-12-10-14-4-3-5-16(17(14)11-12)13-6-8-15(9-7-13)18(19,20)21;1-3-2;;;/h3-11H,2H2,1H3;1-2H3;2*1H;/q;;;;+2/p-2. The van der Waals surface area contributed by atoms with Crippen molar-refractivity contribution in [1.82, 2.24) is 0 Å². The Morgan fingerprint density at radius 3 is 2.15 bits per heavy atom. The monoisotopic (exact) mass is 505 g/mol. The van der Waals surface area contributed by atoms with Gasteiger partial charge >= 0.3 is 160 Å². The molecule has 0 heterocycles. The topological polar surface area (TPSA) is 0 Å². The summed E-state index contributed by atoms with van der Waals surface area (Å²) in [6.07, 6.45) is -0.925. The van der Waals surface area contributed by atoms with Gasteiger partial charge in [0.15, 0.2) is 0 Å². The fourth-order valence-electron chi connectivity index (χ4n) is 3.32. The molecule has 0 aliphatic heterocycles. The molecule has 0 aromatic heterocycles. The molecule has 1 atom stereocenters. The molecule has 0 amide bonds. The maximum atomic E-state index is 12.8. The third-order valence-electron chi connectivity index (χ3n) is 4.52. The Labute approximate surface area is 183 Å². The van der Waals surface area contributed by atoms with Crippen LogP contribution in [0.25, 0.3) is 17.2 Å². The van der Waals surface area contributed by atoms with E-state index in [-0.39, 0.29) is 30.7 Å². The van der Waals surface area contributed by atoms with Crippen LogP contribution in [0.2, 0.25) is 13.1 Å². The number of rotatable bonds is 4. The van der Waals surface area contributed by atoms with Crippen LogP contribution in [0.5, 0.6) is 0 Å². The number of halogens is 5. The van der Waals surface area contributed by atoms with Gasteiger partial charge in [-0.05, 0) is 0 Å². The van der Waals surface area contributed by atoms with E-state index in [1.165, 1.54) is 28.8 Å². The first-order valence-corrected chi connectivity index (χ1v) is 16.0. The molecule has 0 bridgehead atoms. The van der Waals surface area contributed by atoms with E-state index in [1.807, 2.05) is 6.07 Å². The van der Waals surface area contributed by atoms with Gasteiger partial charge in [-0.1, -0.05) is 0 Å². The van der Waals surface area contributed by atoms with E-state index in [1.54, 1.807) is 12.1 Å². The van der Waals surface area contributed by atoms with Crippen LogP contribution in [0.1, 0.15) is 33.7 Å². The maximum absolute atomic E-state index is 12.8. The normalized spacial score (nSPS) is 15.4. The van der Waals surface area contributed by atoms with Crippen molar-refractivity contribution in [2.75, 3.05) is 0 Å². The first kappa shape index (κ1) is 24.7. The SMILES string of the molecule is CCC1=Cc2c(-c3ccc(C(F)(F)F)cc3)cccc2[CH]1[Zr+2][Si](C)C.[Cl-].[Cl-]. The zero-order chi connectivity index (χ0) is 18.2. The summed E-state index contributed by atoms with van der Waals surface area (Å²) in [5.41, 5.74) is 5.48. The van der Waals surface area contributed by atoms with Crippen LogP contribution in [0.3, 0.4) is 0 Å². The molecule has 27 heavy (non-hydrogen) atoms. The Morgan fingerprint density at radius 1 is 1.00 bits per heavy atom. The van der Waals surface area contributed by atoms with Crippen molar-refractivity contribution in [3.63, 3.8) is 0 Å². The fraction of sp³-hybridized carbons (Fsp3) is 0.300. The molecular formula is C20H20Cl2F3SiZr. The smallest absolute Gasteiger partial charge is 1.00 e. The third-order valence-corrected chi connectivity index (χ3v) is 13.4. The van der Waals surface area contributed by atoms with Gasteiger partial charge in [0.2, 0.25) is 0 Å². The summed E-state index contributed by atoms with van der Waals surface area (Å²) in [6.45, 7) is 7.02. The summed E-state index contributed by atoms with van der Waals surface area (Å²) in [7, 11) is 0. The van der Waals surface area contributed by atoms with E-state index in [4.69, 9.17) is 0 Å². The summed E-state index contributed by atoms with van der Waals surface area (Å²) >= 11 is -0.490. The molecule has 0 saturated carbocycles. The van der Waals surface area contributed by atoms with Crippen molar-refractivity contribution < 1.29 is 60.4 Å². The second-order valence-corrected chi connectivity index (χ2v) is 19.7. The van der Waals surface area contributed by atoms with E-state index in [0.29, 0.717) is 3.63 Å². The van der Waals surface area contributed by atoms with Gasteiger partial charge in [0.1, 0.15) is 0 Å². The molecular weight excluding hydrogens is 487 g/mol. The van der Waals surface area contributed by atoms with Gasteiger partial charge in [0.05, 0.1) is 0 Å². The predicted molar refractivity (Wildman–Crippen MR) is 95.4 cm³/mol. The van der Waals surface area contributed by atoms with E-state index in [0.717, 1.165) is 17.5 Å². The summed E-state index contributed by atoms with van der Waals surface area (Å²) in [6, 6.07) is 11.9. The van der Waals surface area contributed by atoms with Gasteiger partial charge in [-0.2, -0.15) is 0 Å². The Morgan fingerprint density at radius 2 is 1.63 bits per heavy atom. The molecule has 2 aromatic carbocycles. The minimum absolute atomic E-state index is 0. The van der Waals surface area contributed by atoms with Gasteiger partial charge in [-0.3, -0.25) is 0 Å². The molecule has 0 saturated heterocycles. The molecule has 0 spiro atoms. The van der Waals surface area contributed by atoms with Gasteiger partial charge in [-0.25, -0.2) is 0 Å². The number of benzene rings is 2. The number of fused-ring (bicyclic) bond motifs is 1. The molecule has 7 heteroatoms. The Hall–Kier alpha value is -0.350. The number of hydrogen-bond donors (Lipinski definition) is 0. The van der Waals surface area contributed by atoms with Gasteiger partial charge in [0, 0.05) is 0 Å². The largest absolute Gasteiger partial charge is 1.00 e. The van der Waals surface area contributed by atoms with Gasteiger partial charge in [0.25, 0.3) is 0 Å². The Kier molecular flexibility index (Phi) is 9.06. The first-order chi connectivity index (χ1) is 11.8. The summed E-state index contributed by atoms with van der Waals surface area (Å²) in [5.74, 6) is -0.196. The summed E-state index contributed by atoms with van der Waals surface area (Å²) in [5, 5.41) is 0. The summed E-state index contributed by atoms with van der Waals surface area (Å²) in [4.78, 5) is 0. The van der Waals surface area contributed by atoms with E-state index in [2.05, 4.69) is 38.2 Å². The van der Waals surface area contributed by atoms with Crippen molar-refractivity contribution in [2.24, 2.45) is 0 Å². The Bertz CT molecular complexity index is 802. The van der Waals surface area contributed by atoms with Crippen LogP contribution >= 0.6 is 0 Å². The number of allylic oxidation sites excluding steroid dienone is 1. The molecule has 0 fully saturated rings. The van der Waals surface area contributed by atoms with Crippen LogP contribution in [-0.4, -0.2) is 5.92 Å². The van der Waals surface area contributed by atoms with Crippen LogP contribution < -0.4 is 24.8 Å². The molecule has 1 aliphatic rings. The molecule has 2 aromatic rings. The zero-order valence-electron chi connectivity index (χ0n) is 15.3. The molecule has 1 aliphatic carbocycles. The minimum Gasteiger partial charge on any atom is -1.00 e. The average Bonchev–Trinajstić information content (AvgIpc) is 2.91. The van der Waals surface area contributed by atoms with Crippen molar-refractivity contribution in [1.29, 1.82) is 0 Å². The van der Waals surface area contributed by atoms with E-state index in [9.17, 15) is 13.2 Å². The van der Waals surface area contributed by atoms with Crippen LogP contribution in [0.15, 0.2) is 48.0 Å². The second-order valence-electron chi connectivity index (χ2n) is 6.53. The Balaban J connectivity index is 0.00000182. The van der Waals surface area contributed by atoms with E-state index < -0.39 is 34.1 Å². The van der Waals surface area contributed by atoms with Gasteiger partial charge < -0.3 is 24.8 Å². The maximum Gasteiger partial charge on any atom is -1.00 e. The van der Waals surface area contributed by atoms with Crippen LogP contribution in [-0.2, 0) is 28.6 Å². The minimum atomic E-state index is -4.29. The number of alkyl halides is 3. The molecule has 0 N–H and O–H groups in total. The molecule has 1 unspecified atom stereocenters. The molecule has 143 valence electrons. The van der Waals surface area contributed by atoms with Gasteiger partial charge in [-0.15, -0.1) is 0 Å². The summed E-state index contributed by atoms with van der Waals surface area (Å²) < 4.78 is 39.1. The van der Waals surface area contributed by atoms with Crippen molar-refractivity contribution >= 4 is 12.0 Å². The molecule has 3 rings (SSSR count). The molecule has 1 radical (unpaired) electrons. The van der Waals surface area contributed by atoms with Crippen molar-refractivity contribution in [3.05, 3.63) is 64.7 Å². The third kappa shape index (κ3) is 5.38. The second kappa shape index (κ2) is 9.91. The number of hydrogen-bond acceptors (Lipinski definition) is 0. The zero-order valence-corrected chi connectivity index (χ0v) is 20.3. The van der Waals surface area contributed by atoms with Crippen molar-refractivity contribution in [3.8, 4) is 11.1 Å². The quantitative estimate of drug-likeness (QED) is 0.531. The van der Waals surface area contributed by atoms with Crippen molar-refractivity contribution in [2.45, 2.75) is 36.2 Å². The van der Waals surface area contributed by atoms with Crippen LogP contribution in [0.4, 0.5) is 13.2 Å². The van der Waals surface area contributed by atoms with Crippen LogP contribution in [0, 0.1) is 0 Å². The predicted octanol–water partition coefficient (Wildman–Crippen LogP) is 0.562. The van der Waals surface area contributed by atoms with E-state index >= 15 is 0 Å². The average molecular weight is 508 g/mol.